The van der Waals surface area contributed by atoms with Gasteiger partial charge < -0.3 is 4.90 Å². The lowest BCUT2D eigenvalue weighted by molar-refractivity contribution is 0.596. The van der Waals surface area contributed by atoms with Gasteiger partial charge in [-0.25, -0.2) is 0 Å². The minimum atomic E-state index is -3.89. The van der Waals surface area contributed by atoms with E-state index in [1.165, 1.54) is 0 Å². The van der Waals surface area contributed by atoms with Gasteiger partial charge in [-0.1, -0.05) is 47.0 Å². The predicted molar refractivity (Wildman–Crippen MR) is 96.4 cm³/mol. The average molecular weight is 339 g/mol. The van der Waals surface area contributed by atoms with Crippen molar-refractivity contribution in [2.45, 2.75) is 4.90 Å². The van der Waals surface area contributed by atoms with E-state index in [-0.39, 0.29) is 4.90 Å². The van der Waals surface area contributed by atoms with Gasteiger partial charge in [0, 0.05) is 30.6 Å². The Hall–Kier alpha value is -2.73. The smallest absolute Gasteiger partial charge is 0.300 e. The lowest BCUT2D eigenvalue weighted by Gasteiger charge is -2.16. The molecule has 3 rings (SSSR count). The average Bonchev–Trinajstić information content (AvgIpc) is 2.59. The van der Waals surface area contributed by atoms with Crippen molar-refractivity contribution in [3.05, 3.63) is 66.7 Å². The van der Waals surface area contributed by atoms with Gasteiger partial charge in [0.25, 0.3) is 10.0 Å². The lowest BCUT2D eigenvalue weighted by Crippen LogP contribution is -2.09. The first-order valence-electron chi connectivity index (χ1n) is 7.41. The van der Waals surface area contributed by atoms with Crippen molar-refractivity contribution in [2.75, 3.05) is 19.0 Å². The molecular formula is C18H17N3O2S. The van der Waals surface area contributed by atoms with Crippen LogP contribution in [0, 0.1) is 0 Å². The zero-order valence-electron chi connectivity index (χ0n) is 13.4. The fourth-order valence-electron chi connectivity index (χ4n) is 2.52. The van der Waals surface area contributed by atoms with Crippen molar-refractivity contribution in [2.24, 2.45) is 9.63 Å². The Labute approximate surface area is 141 Å². The van der Waals surface area contributed by atoms with E-state index in [2.05, 4.69) is 9.63 Å². The molecule has 0 unspecified atom stereocenters. The maximum atomic E-state index is 12.6. The molecule has 0 saturated heterocycles. The number of anilines is 1. The van der Waals surface area contributed by atoms with Crippen molar-refractivity contribution < 1.29 is 8.42 Å². The maximum Gasteiger partial charge on any atom is 0.300 e. The van der Waals surface area contributed by atoms with Gasteiger partial charge in [-0.3, -0.25) is 0 Å². The van der Waals surface area contributed by atoms with Crippen molar-refractivity contribution in [1.29, 1.82) is 0 Å². The summed E-state index contributed by atoms with van der Waals surface area (Å²) in [4.78, 5) is 2.10. The molecule has 0 fully saturated rings. The van der Waals surface area contributed by atoms with Crippen molar-refractivity contribution in [3.63, 3.8) is 0 Å². The zero-order chi connectivity index (χ0) is 17.2. The van der Waals surface area contributed by atoms with E-state index >= 15 is 0 Å². The molecule has 0 spiro atoms. The number of hydrogen-bond donors (Lipinski definition) is 0. The Balaban J connectivity index is 2.12. The van der Waals surface area contributed by atoms with Crippen LogP contribution < -0.4 is 4.90 Å². The Morgan fingerprint density at radius 2 is 1.46 bits per heavy atom. The van der Waals surface area contributed by atoms with Gasteiger partial charge >= 0.3 is 0 Å². The molecule has 24 heavy (non-hydrogen) atoms. The van der Waals surface area contributed by atoms with Crippen LogP contribution in [0.15, 0.2) is 81.3 Å². The van der Waals surface area contributed by atoms with Crippen LogP contribution in [-0.4, -0.2) is 22.5 Å². The highest BCUT2D eigenvalue weighted by Crippen LogP contribution is 2.31. The molecule has 122 valence electrons. The fraction of sp³-hybridized carbons (Fsp3) is 0.111. The first-order chi connectivity index (χ1) is 11.5. The first kappa shape index (κ1) is 16.1. The van der Waals surface area contributed by atoms with Crippen LogP contribution in [0.4, 0.5) is 11.4 Å². The summed E-state index contributed by atoms with van der Waals surface area (Å²) in [6.07, 6.45) is 0. The number of nitrogens with zero attached hydrogens (tertiary/aromatic N) is 3. The Kier molecular flexibility index (Phi) is 4.31. The van der Waals surface area contributed by atoms with Crippen LogP contribution in [0.5, 0.6) is 0 Å². The number of benzene rings is 3. The molecule has 0 aliphatic carbocycles. The van der Waals surface area contributed by atoms with Crippen LogP contribution >= 0.6 is 0 Å². The predicted octanol–water partition coefficient (Wildman–Crippen LogP) is 4.38. The second-order valence-corrected chi connectivity index (χ2v) is 7.07. The van der Waals surface area contributed by atoms with Crippen LogP contribution in [0.3, 0.4) is 0 Å². The summed E-state index contributed by atoms with van der Waals surface area (Å²) in [7, 11) is -0.0443. The molecule has 0 saturated carbocycles. The highest BCUT2D eigenvalue weighted by Gasteiger charge is 2.18. The van der Waals surface area contributed by atoms with Gasteiger partial charge in [-0.05, 0) is 24.3 Å². The molecule has 0 heterocycles. The van der Waals surface area contributed by atoms with Gasteiger partial charge in [0.05, 0.1) is 10.6 Å². The van der Waals surface area contributed by atoms with Gasteiger partial charge in [-0.15, -0.1) is 5.11 Å². The van der Waals surface area contributed by atoms with E-state index in [0.29, 0.717) is 11.1 Å². The molecular weight excluding hydrogens is 322 g/mol. The molecule has 6 heteroatoms. The highest BCUT2D eigenvalue weighted by molar-refractivity contribution is 7.90. The minimum Gasteiger partial charge on any atom is -0.377 e. The quantitative estimate of drug-likeness (QED) is 0.663. The highest BCUT2D eigenvalue weighted by atomic mass is 32.2. The maximum absolute atomic E-state index is 12.6. The van der Waals surface area contributed by atoms with Crippen molar-refractivity contribution in [3.8, 4) is 0 Å². The number of rotatable bonds is 4. The second kappa shape index (κ2) is 6.41. The Morgan fingerprint density at radius 3 is 2.17 bits per heavy atom. The minimum absolute atomic E-state index is 0.156. The van der Waals surface area contributed by atoms with Crippen LogP contribution in [0.1, 0.15) is 0 Å². The van der Waals surface area contributed by atoms with Crippen molar-refractivity contribution in [1.82, 2.24) is 0 Å². The molecule has 0 amide bonds. The molecule has 0 bridgehead atoms. The molecule has 3 aromatic rings. The van der Waals surface area contributed by atoms with E-state index in [9.17, 15) is 8.42 Å². The molecule has 0 aliphatic rings. The monoisotopic (exact) mass is 339 g/mol. The molecule has 0 N–H and O–H groups in total. The summed E-state index contributed by atoms with van der Waals surface area (Å²) in [5, 5.41) is 5.34. The number of sulfonamides is 1. The van der Waals surface area contributed by atoms with Gasteiger partial charge in [-0.2, -0.15) is 8.42 Å². The molecule has 0 aromatic heterocycles. The molecule has 0 radical (unpaired) electrons. The summed E-state index contributed by atoms with van der Waals surface area (Å²) in [5.41, 5.74) is 1.44. The topological polar surface area (TPSA) is 62.1 Å². The second-order valence-electron chi connectivity index (χ2n) is 5.52. The number of fused-ring (bicyclic) bond motifs is 1. The fourth-order valence-corrected chi connectivity index (χ4v) is 3.52. The van der Waals surface area contributed by atoms with Crippen LogP contribution in [0.25, 0.3) is 10.8 Å². The first-order valence-corrected chi connectivity index (χ1v) is 8.85. The summed E-state index contributed by atoms with van der Waals surface area (Å²) >= 11 is 0. The van der Waals surface area contributed by atoms with Crippen LogP contribution in [0.2, 0.25) is 0 Å². The zero-order valence-corrected chi connectivity index (χ0v) is 14.2. The normalized spacial score (nSPS) is 11.9. The molecule has 3 aromatic carbocycles. The molecule has 0 atom stereocenters. The van der Waals surface area contributed by atoms with Gasteiger partial charge in [0.15, 0.2) is 0 Å². The van der Waals surface area contributed by atoms with E-state index in [4.69, 9.17) is 0 Å². The third-order valence-corrected chi connectivity index (χ3v) is 4.85. The third-order valence-electron chi connectivity index (χ3n) is 3.64. The molecule has 0 aliphatic heterocycles. The summed E-state index contributed by atoms with van der Waals surface area (Å²) in [6, 6.07) is 19.5. The summed E-state index contributed by atoms with van der Waals surface area (Å²) in [6.45, 7) is 0. The van der Waals surface area contributed by atoms with E-state index in [1.807, 2.05) is 43.3 Å². The SMILES string of the molecule is CN(C)c1cccc2c(S(=O)(=O)N=Nc3ccccc3)cccc12. The summed E-state index contributed by atoms with van der Waals surface area (Å²) in [5.74, 6) is 0. The van der Waals surface area contributed by atoms with E-state index < -0.39 is 10.0 Å². The largest absolute Gasteiger partial charge is 0.377 e. The Morgan fingerprint density at radius 1 is 0.792 bits per heavy atom. The molecule has 5 nitrogen and oxygen atoms in total. The van der Waals surface area contributed by atoms with Gasteiger partial charge in [0.2, 0.25) is 0 Å². The van der Waals surface area contributed by atoms with Gasteiger partial charge in [0.1, 0.15) is 0 Å². The summed E-state index contributed by atoms with van der Waals surface area (Å²) < 4.78 is 28.9. The lowest BCUT2D eigenvalue weighted by atomic mass is 10.1. The van der Waals surface area contributed by atoms with E-state index in [0.717, 1.165) is 11.1 Å². The number of hydrogen-bond acceptors (Lipinski definition) is 4. The standard InChI is InChI=1S/C18H17N3O2S/c1-21(2)17-12-6-11-16-15(17)10-7-13-18(16)24(22,23)20-19-14-8-4-3-5-9-14/h3-13H,1-2H3. The van der Waals surface area contributed by atoms with E-state index in [1.54, 1.807) is 42.5 Å². The Bertz CT molecular complexity index is 997. The van der Waals surface area contributed by atoms with Crippen molar-refractivity contribution >= 4 is 32.2 Å². The van der Waals surface area contributed by atoms with Crippen LogP contribution in [-0.2, 0) is 10.0 Å². The third kappa shape index (κ3) is 3.14.